The van der Waals surface area contributed by atoms with Crippen LogP contribution in [0.3, 0.4) is 0 Å². The van der Waals surface area contributed by atoms with Crippen molar-refractivity contribution in [3.05, 3.63) is 107 Å². The molecule has 0 spiro atoms. The number of hydrogen-bond donors (Lipinski definition) is 0. The van der Waals surface area contributed by atoms with Crippen molar-refractivity contribution < 1.29 is 13.6 Å². The van der Waals surface area contributed by atoms with E-state index in [2.05, 4.69) is 5.10 Å². The van der Waals surface area contributed by atoms with Crippen LogP contribution in [0.2, 0.25) is 5.02 Å². The quantitative estimate of drug-likeness (QED) is 0.445. The predicted molar refractivity (Wildman–Crippen MR) is 107 cm³/mol. The van der Waals surface area contributed by atoms with Crippen LogP contribution >= 0.6 is 11.6 Å². The fraction of sp³-hybridized carbons (Fsp3) is 0.0909. The lowest BCUT2D eigenvalue weighted by Gasteiger charge is -2.23. The zero-order chi connectivity index (χ0) is 20.2. The summed E-state index contributed by atoms with van der Waals surface area (Å²) >= 11 is 6.19. The molecule has 1 amide bonds. The molecule has 5 nitrogen and oxygen atoms in total. The summed E-state index contributed by atoms with van der Waals surface area (Å²) in [4.78, 5) is 14.6. The summed E-state index contributed by atoms with van der Waals surface area (Å²) in [7, 11) is 0. The number of furan rings is 1. The van der Waals surface area contributed by atoms with E-state index in [-0.39, 0.29) is 29.8 Å². The topological polar surface area (TPSA) is 51.3 Å². The molecule has 0 aliphatic heterocycles. The van der Waals surface area contributed by atoms with Gasteiger partial charge in [-0.05, 0) is 48.0 Å². The van der Waals surface area contributed by atoms with Crippen LogP contribution in [0.5, 0.6) is 0 Å². The van der Waals surface area contributed by atoms with Crippen LogP contribution in [-0.2, 0) is 13.1 Å². The highest BCUT2D eigenvalue weighted by atomic mass is 35.5. The SMILES string of the molecule is O=C(c1ccco1)N(Cc1ccc(F)cc1Cl)Cc1ccnn1-c1ccccc1. The van der Waals surface area contributed by atoms with Crippen molar-refractivity contribution in [1.82, 2.24) is 14.7 Å². The minimum Gasteiger partial charge on any atom is -0.459 e. The Hall–Kier alpha value is -3.38. The fourth-order valence-corrected chi connectivity index (χ4v) is 3.29. The van der Waals surface area contributed by atoms with E-state index in [0.29, 0.717) is 5.56 Å². The van der Waals surface area contributed by atoms with E-state index in [1.54, 1.807) is 34.0 Å². The van der Waals surface area contributed by atoms with Crippen LogP contribution in [-0.4, -0.2) is 20.6 Å². The number of aromatic nitrogens is 2. The molecule has 0 aliphatic rings. The van der Waals surface area contributed by atoms with Crippen LogP contribution in [0.25, 0.3) is 5.69 Å². The van der Waals surface area contributed by atoms with Gasteiger partial charge in [0.15, 0.2) is 5.76 Å². The highest BCUT2D eigenvalue weighted by Gasteiger charge is 2.22. The number of carbonyl (C=O) groups excluding carboxylic acids is 1. The van der Waals surface area contributed by atoms with E-state index in [4.69, 9.17) is 16.0 Å². The summed E-state index contributed by atoms with van der Waals surface area (Å²) in [5.41, 5.74) is 2.34. The van der Waals surface area contributed by atoms with E-state index < -0.39 is 5.82 Å². The number of hydrogen-bond acceptors (Lipinski definition) is 3. The summed E-state index contributed by atoms with van der Waals surface area (Å²) in [6, 6.07) is 18.9. The maximum absolute atomic E-state index is 13.4. The highest BCUT2D eigenvalue weighted by Crippen LogP contribution is 2.22. The zero-order valence-corrected chi connectivity index (χ0v) is 16.1. The maximum Gasteiger partial charge on any atom is 0.290 e. The monoisotopic (exact) mass is 409 g/mol. The van der Waals surface area contributed by atoms with Crippen LogP contribution in [0, 0.1) is 5.82 Å². The average molecular weight is 410 g/mol. The molecule has 4 aromatic rings. The van der Waals surface area contributed by atoms with E-state index >= 15 is 0 Å². The molecule has 0 aliphatic carbocycles. The largest absolute Gasteiger partial charge is 0.459 e. The molecule has 146 valence electrons. The maximum atomic E-state index is 13.4. The molecule has 4 rings (SSSR count). The van der Waals surface area contributed by atoms with Crippen LogP contribution < -0.4 is 0 Å². The molecule has 29 heavy (non-hydrogen) atoms. The predicted octanol–water partition coefficient (Wildman–Crippen LogP) is 5.10. The third-order valence-electron chi connectivity index (χ3n) is 4.47. The molecule has 0 fully saturated rings. The Labute approximate surface area is 171 Å². The van der Waals surface area contributed by atoms with Gasteiger partial charge in [-0.3, -0.25) is 4.79 Å². The van der Waals surface area contributed by atoms with Gasteiger partial charge in [0, 0.05) is 17.8 Å². The second-order valence-corrected chi connectivity index (χ2v) is 6.85. The number of halogens is 2. The summed E-state index contributed by atoms with van der Waals surface area (Å²) in [5.74, 6) is -0.505. The molecule has 0 saturated heterocycles. The molecular formula is C22H17ClFN3O2. The summed E-state index contributed by atoms with van der Waals surface area (Å²) in [6.45, 7) is 0.459. The second-order valence-electron chi connectivity index (χ2n) is 6.44. The standard InChI is InChI=1S/C22H17ClFN3O2/c23-20-13-17(24)9-8-16(20)14-26(22(28)21-7-4-12-29-21)15-19-10-11-25-27(19)18-5-2-1-3-6-18/h1-13H,14-15H2. The van der Waals surface area contributed by atoms with Gasteiger partial charge in [0.25, 0.3) is 5.91 Å². The third kappa shape index (κ3) is 4.22. The number of nitrogens with zero attached hydrogens (tertiary/aromatic N) is 3. The Morgan fingerprint density at radius 3 is 2.62 bits per heavy atom. The molecular weight excluding hydrogens is 393 g/mol. The van der Waals surface area contributed by atoms with Gasteiger partial charge in [0.05, 0.1) is 24.2 Å². The smallest absolute Gasteiger partial charge is 0.290 e. The minimum absolute atomic E-state index is 0.193. The third-order valence-corrected chi connectivity index (χ3v) is 4.82. The lowest BCUT2D eigenvalue weighted by atomic mass is 10.2. The van der Waals surface area contributed by atoms with Crippen molar-refractivity contribution >= 4 is 17.5 Å². The van der Waals surface area contributed by atoms with Gasteiger partial charge in [0.1, 0.15) is 5.82 Å². The molecule has 0 radical (unpaired) electrons. The van der Waals surface area contributed by atoms with Crippen molar-refractivity contribution in [2.75, 3.05) is 0 Å². The first-order valence-electron chi connectivity index (χ1n) is 8.97. The van der Waals surface area contributed by atoms with Crippen molar-refractivity contribution in [1.29, 1.82) is 0 Å². The average Bonchev–Trinajstić information content (AvgIpc) is 3.41. The van der Waals surface area contributed by atoms with Crippen molar-refractivity contribution in [3.63, 3.8) is 0 Å². The van der Waals surface area contributed by atoms with Gasteiger partial charge < -0.3 is 9.32 Å². The molecule has 0 unspecified atom stereocenters. The lowest BCUT2D eigenvalue weighted by Crippen LogP contribution is -2.31. The molecule has 0 atom stereocenters. The highest BCUT2D eigenvalue weighted by molar-refractivity contribution is 6.31. The Bertz CT molecular complexity index is 1110. The van der Waals surface area contributed by atoms with Gasteiger partial charge in [-0.25, -0.2) is 9.07 Å². The van der Waals surface area contributed by atoms with Crippen LogP contribution in [0.15, 0.2) is 83.6 Å². The summed E-state index contributed by atoms with van der Waals surface area (Å²) < 4.78 is 20.5. The van der Waals surface area contributed by atoms with Gasteiger partial charge in [-0.1, -0.05) is 35.9 Å². The molecule has 2 aromatic heterocycles. The Kier molecular flexibility index (Phi) is 5.44. The molecule has 7 heteroatoms. The summed E-state index contributed by atoms with van der Waals surface area (Å²) in [5, 5.41) is 4.64. The van der Waals surface area contributed by atoms with Crippen molar-refractivity contribution in [2.45, 2.75) is 13.1 Å². The van der Waals surface area contributed by atoms with Gasteiger partial charge >= 0.3 is 0 Å². The molecule has 0 bridgehead atoms. The number of rotatable bonds is 6. The van der Waals surface area contributed by atoms with Gasteiger partial charge in [-0.2, -0.15) is 5.10 Å². The number of amides is 1. The second kappa shape index (κ2) is 8.32. The summed E-state index contributed by atoms with van der Waals surface area (Å²) in [6.07, 6.45) is 3.13. The van der Waals surface area contributed by atoms with E-state index in [0.717, 1.165) is 11.4 Å². The van der Waals surface area contributed by atoms with Gasteiger partial charge in [-0.15, -0.1) is 0 Å². The molecule has 2 aromatic carbocycles. The first-order valence-corrected chi connectivity index (χ1v) is 9.34. The fourth-order valence-electron chi connectivity index (χ4n) is 3.06. The normalized spacial score (nSPS) is 10.8. The van der Waals surface area contributed by atoms with E-state index in [1.807, 2.05) is 36.4 Å². The number of benzene rings is 2. The van der Waals surface area contributed by atoms with Gasteiger partial charge in [0.2, 0.25) is 0 Å². The van der Waals surface area contributed by atoms with Crippen LogP contribution in [0.1, 0.15) is 21.8 Å². The molecule has 2 heterocycles. The number of para-hydroxylation sites is 1. The van der Waals surface area contributed by atoms with E-state index in [1.165, 1.54) is 18.4 Å². The Morgan fingerprint density at radius 1 is 1.07 bits per heavy atom. The van der Waals surface area contributed by atoms with Crippen LogP contribution in [0.4, 0.5) is 4.39 Å². The molecule has 0 saturated carbocycles. The minimum atomic E-state index is -0.426. The molecule has 0 N–H and O–H groups in total. The van der Waals surface area contributed by atoms with Crippen molar-refractivity contribution in [2.24, 2.45) is 0 Å². The Balaban J connectivity index is 1.66. The lowest BCUT2D eigenvalue weighted by molar-refractivity contribution is 0.0694. The zero-order valence-electron chi connectivity index (χ0n) is 15.3. The number of carbonyl (C=O) groups is 1. The van der Waals surface area contributed by atoms with Crippen molar-refractivity contribution in [3.8, 4) is 5.69 Å². The first-order chi connectivity index (χ1) is 14.1. The Morgan fingerprint density at radius 2 is 1.90 bits per heavy atom. The van der Waals surface area contributed by atoms with E-state index in [9.17, 15) is 9.18 Å². The first kappa shape index (κ1) is 19.0.